The van der Waals surface area contributed by atoms with Gasteiger partial charge in [-0.2, -0.15) is 10.4 Å². The van der Waals surface area contributed by atoms with Crippen molar-refractivity contribution in [3.8, 4) is 11.8 Å². The number of nitrogen functional groups attached to an aromatic ring is 1. The molecule has 1 saturated heterocycles. The lowest BCUT2D eigenvalue weighted by Gasteiger charge is -2.35. The summed E-state index contributed by atoms with van der Waals surface area (Å²) < 4.78 is 8.07. The molecule has 196 valence electrons. The number of halogens is 1. The third kappa shape index (κ3) is 4.88. The SMILES string of the molecule is CCOc1c(C(C)n2nc(CC#N)c3c(N)ncnc32)cc(Cl)c(C)c1C1CCN(C(=O)N(C)C)CC1. The average molecular weight is 525 g/mol. The van der Waals surface area contributed by atoms with Gasteiger partial charge in [-0.15, -0.1) is 0 Å². The summed E-state index contributed by atoms with van der Waals surface area (Å²) in [5.74, 6) is 1.28. The maximum Gasteiger partial charge on any atom is 0.319 e. The number of carbonyl (C=O) groups is 1. The average Bonchev–Trinajstić information content (AvgIpc) is 3.25. The molecule has 3 heterocycles. The van der Waals surface area contributed by atoms with Crippen LogP contribution in [0.4, 0.5) is 10.6 Å². The van der Waals surface area contributed by atoms with E-state index in [-0.39, 0.29) is 24.4 Å². The van der Waals surface area contributed by atoms with Gasteiger partial charge in [0.25, 0.3) is 0 Å². The molecule has 0 aliphatic carbocycles. The van der Waals surface area contributed by atoms with E-state index in [1.54, 1.807) is 23.7 Å². The second-order valence-corrected chi connectivity index (χ2v) is 9.95. The first-order valence-corrected chi connectivity index (χ1v) is 12.8. The number of nitrogens with two attached hydrogens (primary N) is 1. The first-order valence-electron chi connectivity index (χ1n) is 12.5. The van der Waals surface area contributed by atoms with Gasteiger partial charge in [0, 0.05) is 43.3 Å². The van der Waals surface area contributed by atoms with Crippen LogP contribution in [0.5, 0.6) is 5.75 Å². The molecule has 1 fully saturated rings. The summed E-state index contributed by atoms with van der Waals surface area (Å²) in [5, 5.41) is 15.3. The number of nitrogens with zero attached hydrogens (tertiary/aromatic N) is 7. The number of fused-ring (bicyclic) bond motifs is 1. The van der Waals surface area contributed by atoms with E-state index in [0.29, 0.717) is 47.3 Å². The summed E-state index contributed by atoms with van der Waals surface area (Å²) >= 11 is 6.82. The van der Waals surface area contributed by atoms with E-state index in [2.05, 4.69) is 16.0 Å². The Bertz CT molecular complexity index is 1360. The summed E-state index contributed by atoms with van der Waals surface area (Å²) in [5.41, 5.74) is 10.2. The van der Waals surface area contributed by atoms with Crippen LogP contribution in [0.1, 0.15) is 61.0 Å². The van der Waals surface area contributed by atoms with Gasteiger partial charge in [-0.25, -0.2) is 19.4 Å². The van der Waals surface area contributed by atoms with Crippen molar-refractivity contribution in [1.29, 1.82) is 5.26 Å². The molecule has 1 atom stereocenters. The minimum Gasteiger partial charge on any atom is -0.493 e. The monoisotopic (exact) mass is 524 g/mol. The Morgan fingerprint density at radius 3 is 2.68 bits per heavy atom. The Balaban J connectivity index is 1.80. The molecule has 4 rings (SSSR count). The topological polar surface area (TPSA) is 126 Å². The zero-order valence-corrected chi connectivity index (χ0v) is 22.7. The Kier molecular flexibility index (Phi) is 7.73. The number of carbonyl (C=O) groups excluding carboxylic acids is 1. The minimum atomic E-state index is -0.307. The number of nitriles is 1. The summed E-state index contributed by atoms with van der Waals surface area (Å²) in [4.78, 5) is 24.5. The van der Waals surface area contributed by atoms with Gasteiger partial charge in [0.05, 0.1) is 36.2 Å². The largest absolute Gasteiger partial charge is 0.493 e. The highest BCUT2D eigenvalue weighted by Crippen LogP contribution is 2.44. The van der Waals surface area contributed by atoms with Crippen LogP contribution in [-0.4, -0.2) is 69.4 Å². The molecule has 1 aliphatic heterocycles. The molecule has 2 amide bonds. The minimum absolute atomic E-state index is 0.0283. The highest BCUT2D eigenvalue weighted by molar-refractivity contribution is 6.31. The highest BCUT2D eigenvalue weighted by Gasteiger charge is 2.31. The molecule has 10 nitrogen and oxygen atoms in total. The Morgan fingerprint density at radius 2 is 2.05 bits per heavy atom. The smallest absolute Gasteiger partial charge is 0.319 e. The Hall–Kier alpha value is -3.58. The Labute approximate surface area is 222 Å². The Morgan fingerprint density at radius 1 is 1.35 bits per heavy atom. The maximum atomic E-state index is 12.5. The number of benzene rings is 1. The summed E-state index contributed by atoms with van der Waals surface area (Å²) in [7, 11) is 3.55. The molecule has 0 radical (unpaired) electrons. The number of aromatic nitrogens is 4. The molecule has 3 aromatic rings. The second kappa shape index (κ2) is 10.8. The number of piperidine rings is 1. The van der Waals surface area contributed by atoms with Crippen LogP contribution in [-0.2, 0) is 6.42 Å². The summed E-state index contributed by atoms with van der Waals surface area (Å²) in [6, 6.07) is 3.80. The van der Waals surface area contributed by atoms with Crippen molar-refractivity contribution in [3.05, 3.63) is 39.8 Å². The predicted molar refractivity (Wildman–Crippen MR) is 143 cm³/mol. The van der Waals surface area contributed by atoms with Crippen molar-refractivity contribution in [2.75, 3.05) is 39.5 Å². The van der Waals surface area contributed by atoms with E-state index in [0.717, 1.165) is 35.3 Å². The first kappa shape index (κ1) is 26.5. The summed E-state index contributed by atoms with van der Waals surface area (Å²) in [6.45, 7) is 7.81. The quantitative estimate of drug-likeness (QED) is 0.509. The van der Waals surface area contributed by atoms with Gasteiger partial charge in [0.1, 0.15) is 17.9 Å². The van der Waals surface area contributed by atoms with Crippen LogP contribution < -0.4 is 10.5 Å². The van der Waals surface area contributed by atoms with E-state index >= 15 is 0 Å². The van der Waals surface area contributed by atoms with E-state index in [1.807, 2.05) is 31.7 Å². The molecular formula is C26H33ClN8O2. The second-order valence-electron chi connectivity index (χ2n) is 9.55. The van der Waals surface area contributed by atoms with Crippen LogP contribution in [0.25, 0.3) is 11.0 Å². The molecule has 2 aromatic heterocycles. The molecule has 1 aromatic carbocycles. The highest BCUT2D eigenvalue weighted by atomic mass is 35.5. The molecule has 0 bridgehead atoms. The molecule has 1 unspecified atom stereocenters. The zero-order valence-electron chi connectivity index (χ0n) is 22.0. The number of ether oxygens (including phenoxy) is 1. The molecular weight excluding hydrogens is 492 g/mol. The maximum absolute atomic E-state index is 12.5. The third-order valence-electron chi connectivity index (χ3n) is 7.05. The molecule has 0 saturated carbocycles. The van der Waals surface area contributed by atoms with Gasteiger partial charge in [-0.1, -0.05) is 11.6 Å². The molecule has 37 heavy (non-hydrogen) atoms. The van der Waals surface area contributed by atoms with Crippen molar-refractivity contribution in [1.82, 2.24) is 29.5 Å². The molecule has 2 N–H and O–H groups in total. The van der Waals surface area contributed by atoms with Crippen molar-refractivity contribution in [2.24, 2.45) is 0 Å². The van der Waals surface area contributed by atoms with Gasteiger partial charge in [0.2, 0.25) is 0 Å². The van der Waals surface area contributed by atoms with E-state index in [4.69, 9.17) is 27.2 Å². The van der Waals surface area contributed by atoms with Gasteiger partial charge >= 0.3 is 6.03 Å². The fourth-order valence-electron chi connectivity index (χ4n) is 5.18. The van der Waals surface area contributed by atoms with E-state index < -0.39 is 0 Å². The van der Waals surface area contributed by atoms with Crippen molar-refractivity contribution in [3.63, 3.8) is 0 Å². The number of urea groups is 1. The lowest BCUT2D eigenvalue weighted by molar-refractivity contribution is 0.156. The molecule has 1 aliphatic rings. The van der Waals surface area contributed by atoms with Crippen LogP contribution in [0.3, 0.4) is 0 Å². The van der Waals surface area contributed by atoms with Crippen molar-refractivity contribution < 1.29 is 9.53 Å². The summed E-state index contributed by atoms with van der Waals surface area (Å²) in [6.07, 6.45) is 3.12. The molecule has 11 heteroatoms. The van der Waals surface area contributed by atoms with Crippen LogP contribution in [0.15, 0.2) is 12.4 Å². The molecule has 0 spiro atoms. The van der Waals surface area contributed by atoms with Gasteiger partial charge < -0.3 is 20.3 Å². The predicted octanol–water partition coefficient (Wildman–Crippen LogP) is 4.31. The van der Waals surface area contributed by atoms with Crippen LogP contribution in [0.2, 0.25) is 5.02 Å². The lowest BCUT2D eigenvalue weighted by Crippen LogP contribution is -2.43. The van der Waals surface area contributed by atoms with Gasteiger partial charge in [-0.3, -0.25) is 0 Å². The number of hydrogen-bond acceptors (Lipinski definition) is 7. The van der Waals surface area contributed by atoms with Crippen LogP contribution in [0, 0.1) is 18.3 Å². The first-order chi connectivity index (χ1) is 17.7. The zero-order chi connectivity index (χ0) is 26.9. The van der Waals surface area contributed by atoms with E-state index in [1.165, 1.54) is 6.33 Å². The fraction of sp³-hybridized carbons (Fsp3) is 0.500. The van der Waals surface area contributed by atoms with E-state index in [9.17, 15) is 10.1 Å². The fourth-order valence-corrected chi connectivity index (χ4v) is 5.40. The number of amides is 2. The normalized spacial score (nSPS) is 15.0. The number of rotatable bonds is 6. The standard InChI is InChI=1S/C26H33ClN8O2/c1-6-37-23-18(16(3)35-25-22(20(32-35)7-10-28)24(29)30-14-31-25)13-19(27)15(2)21(23)17-8-11-34(12-9-17)26(36)33(4)5/h13-14,16-17H,6-9,11-12H2,1-5H3,(H2,29,30,31). The third-order valence-corrected chi connectivity index (χ3v) is 7.44. The van der Waals surface area contributed by atoms with Crippen molar-refractivity contribution >= 4 is 34.5 Å². The van der Waals surface area contributed by atoms with Crippen LogP contribution >= 0.6 is 11.6 Å². The number of hydrogen-bond donors (Lipinski definition) is 1. The van der Waals surface area contributed by atoms with Gasteiger partial charge in [-0.05, 0) is 51.2 Å². The number of likely N-dealkylation sites (tertiary alicyclic amines) is 1. The van der Waals surface area contributed by atoms with Crippen molar-refractivity contribution in [2.45, 2.75) is 52.0 Å². The van der Waals surface area contributed by atoms with Gasteiger partial charge in [0.15, 0.2) is 5.65 Å². The lowest BCUT2D eigenvalue weighted by atomic mass is 9.84. The number of anilines is 1.